The van der Waals surface area contributed by atoms with E-state index in [-0.39, 0.29) is 0 Å². The van der Waals surface area contributed by atoms with E-state index in [2.05, 4.69) is 0 Å². The van der Waals surface area contributed by atoms with Gasteiger partial charge in [-0.3, -0.25) is 9.59 Å². The van der Waals surface area contributed by atoms with Crippen LogP contribution in [-0.2, 0) is 11.3 Å². The van der Waals surface area contributed by atoms with Gasteiger partial charge in [-0.05, 0) is 35.9 Å². The Morgan fingerprint density at radius 2 is 1.81 bits per heavy atom. The number of ketones is 1. The van der Waals surface area contributed by atoms with E-state index in [4.69, 9.17) is 16.3 Å². The first kappa shape index (κ1) is 13.6. The summed E-state index contributed by atoms with van der Waals surface area (Å²) in [5, 5.41) is 0.632. The van der Waals surface area contributed by atoms with Crippen molar-refractivity contribution in [3.63, 3.8) is 0 Å². The van der Waals surface area contributed by atoms with E-state index in [0.29, 0.717) is 28.6 Å². The number of benzene rings is 2. The fraction of sp³-hybridized carbons (Fsp3) is 0.125. The maximum atomic E-state index is 12.1. The van der Waals surface area contributed by atoms with E-state index >= 15 is 0 Å². The smallest absolute Gasteiger partial charge is 0.299 e. The molecule has 0 atom stereocenters. The predicted molar refractivity (Wildman–Crippen MR) is 80.0 cm³/mol. The Morgan fingerprint density at radius 1 is 1.10 bits per heavy atom. The molecule has 0 saturated heterocycles. The highest BCUT2D eigenvalue weighted by Crippen LogP contribution is 2.33. The van der Waals surface area contributed by atoms with Gasteiger partial charge >= 0.3 is 0 Å². The highest BCUT2D eigenvalue weighted by molar-refractivity contribution is 6.52. The van der Waals surface area contributed by atoms with Gasteiger partial charge in [-0.2, -0.15) is 0 Å². The van der Waals surface area contributed by atoms with Gasteiger partial charge in [0.2, 0.25) is 0 Å². The summed E-state index contributed by atoms with van der Waals surface area (Å²) in [6, 6.07) is 12.2. The molecule has 1 amide bonds. The Balaban J connectivity index is 1.96. The van der Waals surface area contributed by atoms with Gasteiger partial charge in [0.1, 0.15) is 5.75 Å². The van der Waals surface area contributed by atoms with Gasteiger partial charge in [-0.15, -0.1) is 0 Å². The van der Waals surface area contributed by atoms with Crippen LogP contribution in [0.15, 0.2) is 42.5 Å². The van der Waals surface area contributed by atoms with Crippen molar-refractivity contribution in [2.24, 2.45) is 0 Å². The Bertz CT molecular complexity index is 725. The number of Topliss-reactive ketones (excluding diaryl/α,β-unsaturated/α-hetero) is 1. The summed E-state index contributed by atoms with van der Waals surface area (Å²) in [7, 11) is 1.52. The predicted octanol–water partition coefficient (Wildman–Crippen LogP) is 3.08. The van der Waals surface area contributed by atoms with Crippen LogP contribution in [0.5, 0.6) is 5.75 Å². The number of anilines is 1. The molecule has 1 aliphatic rings. The standard InChI is InChI=1S/C16H12ClNO3/c1-21-12-6-7-14-13(8-12)15(19)16(20)18(14)9-10-2-4-11(17)5-3-10/h2-8H,9H2,1H3. The topological polar surface area (TPSA) is 46.6 Å². The van der Waals surface area contributed by atoms with Crippen molar-refractivity contribution >= 4 is 29.0 Å². The third-order valence-electron chi connectivity index (χ3n) is 3.43. The zero-order valence-corrected chi connectivity index (χ0v) is 12.1. The molecule has 0 fully saturated rings. The summed E-state index contributed by atoms with van der Waals surface area (Å²) in [6.45, 7) is 0.334. The second kappa shape index (κ2) is 5.22. The van der Waals surface area contributed by atoms with Crippen molar-refractivity contribution < 1.29 is 14.3 Å². The zero-order chi connectivity index (χ0) is 15.0. The lowest BCUT2D eigenvalue weighted by atomic mass is 10.1. The third kappa shape index (κ3) is 2.38. The average molecular weight is 302 g/mol. The third-order valence-corrected chi connectivity index (χ3v) is 3.68. The van der Waals surface area contributed by atoms with E-state index in [1.807, 2.05) is 12.1 Å². The van der Waals surface area contributed by atoms with Gasteiger partial charge in [-0.1, -0.05) is 23.7 Å². The first-order chi connectivity index (χ1) is 10.1. The number of rotatable bonds is 3. The van der Waals surface area contributed by atoms with E-state index in [0.717, 1.165) is 5.56 Å². The number of nitrogens with zero attached hydrogens (tertiary/aromatic N) is 1. The fourth-order valence-corrected chi connectivity index (χ4v) is 2.46. The number of methoxy groups -OCH3 is 1. The fourth-order valence-electron chi connectivity index (χ4n) is 2.34. The van der Waals surface area contributed by atoms with Crippen LogP contribution < -0.4 is 9.64 Å². The molecule has 106 valence electrons. The largest absolute Gasteiger partial charge is 0.497 e. The average Bonchev–Trinajstić information content (AvgIpc) is 2.74. The van der Waals surface area contributed by atoms with Crippen LogP contribution >= 0.6 is 11.6 Å². The van der Waals surface area contributed by atoms with Gasteiger partial charge in [-0.25, -0.2) is 0 Å². The Morgan fingerprint density at radius 3 is 2.48 bits per heavy atom. The zero-order valence-electron chi connectivity index (χ0n) is 11.3. The van der Waals surface area contributed by atoms with E-state index in [1.54, 1.807) is 30.3 Å². The maximum Gasteiger partial charge on any atom is 0.299 e. The number of ether oxygens (including phenoxy) is 1. The summed E-state index contributed by atoms with van der Waals surface area (Å²) < 4.78 is 5.09. The molecule has 1 aliphatic heterocycles. The molecule has 21 heavy (non-hydrogen) atoms. The normalized spacial score (nSPS) is 13.5. The minimum Gasteiger partial charge on any atom is -0.497 e. The Hall–Kier alpha value is -2.33. The molecular weight excluding hydrogens is 290 g/mol. The molecule has 4 nitrogen and oxygen atoms in total. The molecule has 0 radical (unpaired) electrons. The van der Waals surface area contributed by atoms with Crippen LogP contribution in [0, 0.1) is 0 Å². The van der Waals surface area contributed by atoms with Crippen LogP contribution in [0.1, 0.15) is 15.9 Å². The first-order valence-electron chi connectivity index (χ1n) is 6.39. The quantitative estimate of drug-likeness (QED) is 0.819. The molecule has 2 aromatic rings. The number of hydrogen-bond donors (Lipinski definition) is 0. The monoisotopic (exact) mass is 301 g/mol. The molecule has 0 N–H and O–H groups in total. The van der Waals surface area contributed by atoms with Crippen molar-refractivity contribution in [2.45, 2.75) is 6.54 Å². The summed E-state index contributed by atoms with van der Waals surface area (Å²) in [5.74, 6) is -0.464. The molecule has 3 rings (SSSR count). The molecule has 5 heteroatoms. The molecule has 2 aromatic carbocycles. The van der Waals surface area contributed by atoms with Crippen LogP contribution in [-0.4, -0.2) is 18.8 Å². The van der Waals surface area contributed by atoms with Crippen molar-refractivity contribution in [3.8, 4) is 5.75 Å². The van der Waals surface area contributed by atoms with E-state index < -0.39 is 11.7 Å². The van der Waals surface area contributed by atoms with Crippen molar-refractivity contribution in [1.29, 1.82) is 0 Å². The molecule has 0 aliphatic carbocycles. The van der Waals surface area contributed by atoms with Crippen molar-refractivity contribution in [2.75, 3.05) is 12.0 Å². The molecule has 0 spiro atoms. The van der Waals surface area contributed by atoms with Gasteiger partial charge in [0.25, 0.3) is 11.7 Å². The van der Waals surface area contributed by atoms with Crippen LogP contribution in [0.4, 0.5) is 5.69 Å². The van der Waals surface area contributed by atoms with Crippen LogP contribution in [0.2, 0.25) is 5.02 Å². The first-order valence-corrected chi connectivity index (χ1v) is 6.76. The van der Waals surface area contributed by atoms with Gasteiger partial charge in [0.05, 0.1) is 24.9 Å². The molecule has 1 heterocycles. The number of hydrogen-bond acceptors (Lipinski definition) is 3. The summed E-state index contributed by atoms with van der Waals surface area (Å²) in [6.07, 6.45) is 0. The second-order valence-electron chi connectivity index (χ2n) is 4.73. The second-order valence-corrected chi connectivity index (χ2v) is 5.17. The molecule has 0 saturated carbocycles. The Labute approximate surface area is 126 Å². The SMILES string of the molecule is COc1ccc2c(c1)C(=O)C(=O)N2Cc1ccc(Cl)cc1. The molecular formula is C16H12ClNO3. The maximum absolute atomic E-state index is 12.1. The van der Waals surface area contributed by atoms with Crippen LogP contribution in [0.3, 0.4) is 0 Å². The lowest BCUT2D eigenvalue weighted by Gasteiger charge is -2.16. The van der Waals surface area contributed by atoms with Crippen molar-refractivity contribution in [1.82, 2.24) is 0 Å². The summed E-state index contributed by atoms with van der Waals surface area (Å²) in [5.41, 5.74) is 1.90. The van der Waals surface area contributed by atoms with Crippen molar-refractivity contribution in [3.05, 3.63) is 58.6 Å². The van der Waals surface area contributed by atoms with Crippen LogP contribution in [0.25, 0.3) is 0 Å². The summed E-state index contributed by atoms with van der Waals surface area (Å²) >= 11 is 5.85. The summed E-state index contributed by atoms with van der Waals surface area (Å²) in [4.78, 5) is 25.7. The number of fused-ring (bicyclic) bond motifs is 1. The highest BCUT2D eigenvalue weighted by atomic mass is 35.5. The Kier molecular flexibility index (Phi) is 3.39. The van der Waals surface area contributed by atoms with Gasteiger partial charge in [0.15, 0.2) is 0 Å². The number of halogens is 1. The number of carbonyl (C=O) groups is 2. The lowest BCUT2D eigenvalue weighted by Crippen LogP contribution is -2.29. The number of amides is 1. The molecule has 0 aromatic heterocycles. The highest BCUT2D eigenvalue weighted by Gasteiger charge is 2.35. The molecule has 0 unspecified atom stereocenters. The van der Waals surface area contributed by atoms with E-state index in [1.165, 1.54) is 12.0 Å². The lowest BCUT2D eigenvalue weighted by molar-refractivity contribution is -0.114. The van der Waals surface area contributed by atoms with Gasteiger partial charge < -0.3 is 9.64 Å². The minimum absolute atomic E-state index is 0.334. The number of carbonyl (C=O) groups excluding carboxylic acids is 2. The minimum atomic E-state index is -0.520. The molecule has 0 bridgehead atoms. The van der Waals surface area contributed by atoms with Gasteiger partial charge in [0, 0.05) is 5.02 Å². The van der Waals surface area contributed by atoms with E-state index in [9.17, 15) is 9.59 Å².